The molecule has 0 aromatic heterocycles. The molecule has 1 fully saturated rings. The number of anilines is 1. The molecule has 1 atom stereocenters. The van der Waals surface area contributed by atoms with Crippen molar-refractivity contribution in [2.24, 2.45) is 5.41 Å². The van der Waals surface area contributed by atoms with Gasteiger partial charge in [-0.15, -0.1) is 0 Å². The molecule has 1 aliphatic heterocycles. The molecule has 2 rings (SSSR count). The van der Waals surface area contributed by atoms with Crippen LogP contribution < -0.4 is 10.2 Å². The van der Waals surface area contributed by atoms with Crippen LogP contribution in [0.3, 0.4) is 0 Å². The molecule has 1 aromatic carbocycles. The van der Waals surface area contributed by atoms with Crippen LogP contribution in [-0.4, -0.2) is 49.6 Å². The Morgan fingerprint density at radius 3 is 2.46 bits per heavy atom. The molecule has 4 nitrogen and oxygen atoms in total. The van der Waals surface area contributed by atoms with E-state index >= 15 is 0 Å². The summed E-state index contributed by atoms with van der Waals surface area (Å²) in [6.45, 7) is 15.5. The Morgan fingerprint density at radius 1 is 1.21 bits per heavy atom. The predicted molar refractivity (Wildman–Crippen MR) is 102 cm³/mol. The number of piperazine rings is 1. The molecule has 0 bridgehead atoms. The monoisotopic (exact) mass is 331 g/mol. The highest BCUT2D eigenvalue weighted by Gasteiger charge is 2.23. The smallest absolute Gasteiger partial charge is 0.225 e. The van der Waals surface area contributed by atoms with Crippen molar-refractivity contribution < 1.29 is 4.79 Å². The zero-order valence-corrected chi connectivity index (χ0v) is 15.9. The lowest BCUT2D eigenvalue weighted by atomic mass is 9.95. The van der Waals surface area contributed by atoms with Gasteiger partial charge in [-0.1, -0.05) is 32.9 Å². The van der Waals surface area contributed by atoms with E-state index in [1.54, 1.807) is 0 Å². The van der Waals surface area contributed by atoms with E-state index in [0.29, 0.717) is 0 Å². The Hall–Kier alpha value is -1.55. The van der Waals surface area contributed by atoms with Crippen molar-refractivity contribution in [2.45, 2.75) is 47.1 Å². The molecular weight excluding hydrogens is 298 g/mol. The summed E-state index contributed by atoms with van der Waals surface area (Å²) in [5.41, 5.74) is 2.34. The number of hydrogen-bond acceptors (Lipinski definition) is 3. The average molecular weight is 332 g/mol. The molecule has 24 heavy (non-hydrogen) atoms. The summed E-state index contributed by atoms with van der Waals surface area (Å²) < 4.78 is 0. The van der Waals surface area contributed by atoms with Gasteiger partial charge < -0.3 is 10.2 Å². The van der Waals surface area contributed by atoms with Crippen LogP contribution in [0.2, 0.25) is 0 Å². The lowest BCUT2D eigenvalue weighted by molar-refractivity contribution is -0.129. The molecule has 1 unspecified atom stereocenters. The average Bonchev–Trinajstić information content (AvgIpc) is 2.52. The predicted octanol–water partition coefficient (Wildman–Crippen LogP) is 3.06. The highest BCUT2D eigenvalue weighted by atomic mass is 16.2. The molecule has 1 saturated heterocycles. The summed E-state index contributed by atoms with van der Waals surface area (Å²) >= 11 is 0. The maximum atomic E-state index is 12.0. The minimum Gasteiger partial charge on any atom is -0.369 e. The first kappa shape index (κ1) is 18.8. The first-order chi connectivity index (χ1) is 11.3. The van der Waals surface area contributed by atoms with E-state index in [2.05, 4.69) is 53.2 Å². The van der Waals surface area contributed by atoms with Gasteiger partial charge in [-0.25, -0.2) is 0 Å². The van der Waals surface area contributed by atoms with E-state index in [1.807, 2.05) is 20.8 Å². The molecule has 0 spiro atoms. The van der Waals surface area contributed by atoms with Crippen molar-refractivity contribution in [3.05, 3.63) is 29.8 Å². The van der Waals surface area contributed by atoms with Crippen LogP contribution in [0.15, 0.2) is 24.3 Å². The number of amides is 1. The second-order valence-corrected chi connectivity index (χ2v) is 8.08. The quantitative estimate of drug-likeness (QED) is 0.901. The highest BCUT2D eigenvalue weighted by molar-refractivity contribution is 5.81. The van der Waals surface area contributed by atoms with Crippen molar-refractivity contribution in [3.8, 4) is 0 Å². The van der Waals surface area contributed by atoms with Gasteiger partial charge in [-0.2, -0.15) is 0 Å². The van der Waals surface area contributed by atoms with Crippen LogP contribution in [-0.2, 0) is 4.79 Å². The van der Waals surface area contributed by atoms with Crippen LogP contribution >= 0.6 is 0 Å². The van der Waals surface area contributed by atoms with Gasteiger partial charge in [-0.05, 0) is 38.0 Å². The zero-order valence-electron chi connectivity index (χ0n) is 15.9. The number of aryl methyl sites for hydroxylation is 1. The summed E-state index contributed by atoms with van der Waals surface area (Å²) in [6, 6.07) is 8.97. The molecule has 1 aromatic rings. The summed E-state index contributed by atoms with van der Waals surface area (Å²) in [6.07, 6.45) is 1.01. The highest BCUT2D eigenvalue weighted by Crippen LogP contribution is 2.18. The maximum Gasteiger partial charge on any atom is 0.225 e. The zero-order chi connectivity index (χ0) is 17.7. The number of hydrogen-bond donors (Lipinski definition) is 1. The van der Waals surface area contributed by atoms with E-state index in [4.69, 9.17) is 0 Å². The van der Waals surface area contributed by atoms with Crippen LogP contribution in [0.4, 0.5) is 5.69 Å². The van der Waals surface area contributed by atoms with Gasteiger partial charge in [-0.3, -0.25) is 9.69 Å². The topological polar surface area (TPSA) is 35.6 Å². The second-order valence-electron chi connectivity index (χ2n) is 8.08. The van der Waals surface area contributed by atoms with Gasteiger partial charge >= 0.3 is 0 Å². The first-order valence-electron chi connectivity index (χ1n) is 9.10. The summed E-state index contributed by atoms with van der Waals surface area (Å²) in [5, 5.41) is 3.12. The molecular formula is C20H33N3O. The summed E-state index contributed by atoms with van der Waals surface area (Å²) in [7, 11) is 0. The van der Waals surface area contributed by atoms with Gasteiger partial charge in [0.05, 0.1) is 0 Å². The van der Waals surface area contributed by atoms with Crippen LogP contribution in [0.25, 0.3) is 0 Å². The number of rotatable bonds is 5. The Labute approximate surface area is 147 Å². The standard InChI is InChI=1S/C20H33N3O/c1-16-7-6-8-18(15-16)23-13-11-22(12-14-23)10-9-17(2)21-19(24)20(3,4)5/h6-8,15,17H,9-14H2,1-5H3,(H,21,24). The molecule has 0 radical (unpaired) electrons. The van der Waals surface area contributed by atoms with E-state index in [-0.39, 0.29) is 17.4 Å². The van der Waals surface area contributed by atoms with Gasteiger partial charge in [0, 0.05) is 49.9 Å². The van der Waals surface area contributed by atoms with Gasteiger partial charge in [0.1, 0.15) is 0 Å². The largest absolute Gasteiger partial charge is 0.369 e. The van der Waals surface area contributed by atoms with E-state index in [9.17, 15) is 4.79 Å². The van der Waals surface area contributed by atoms with Gasteiger partial charge in [0.25, 0.3) is 0 Å². The molecule has 134 valence electrons. The fourth-order valence-electron chi connectivity index (χ4n) is 2.94. The SMILES string of the molecule is Cc1cccc(N2CCN(CCC(C)NC(=O)C(C)(C)C)CC2)c1. The minimum absolute atomic E-state index is 0.138. The number of nitrogens with one attached hydrogen (secondary N) is 1. The first-order valence-corrected chi connectivity index (χ1v) is 9.10. The molecule has 1 aliphatic rings. The number of benzene rings is 1. The number of carbonyl (C=O) groups is 1. The third kappa shape index (κ3) is 5.52. The molecule has 1 amide bonds. The molecule has 1 N–H and O–H groups in total. The van der Waals surface area contributed by atoms with Gasteiger partial charge in [0.2, 0.25) is 5.91 Å². The third-order valence-corrected chi connectivity index (χ3v) is 4.68. The van der Waals surface area contributed by atoms with E-state index < -0.39 is 0 Å². The van der Waals surface area contributed by atoms with Crippen molar-refractivity contribution in [1.82, 2.24) is 10.2 Å². The van der Waals surface area contributed by atoms with Crippen molar-refractivity contribution in [3.63, 3.8) is 0 Å². The molecule has 0 aliphatic carbocycles. The van der Waals surface area contributed by atoms with Crippen molar-refractivity contribution >= 4 is 11.6 Å². The van der Waals surface area contributed by atoms with Crippen molar-refractivity contribution in [1.29, 1.82) is 0 Å². The van der Waals surface area contributed by atoms with Gasteiger partial charge in [0.15, 0.2) is 0 Å². The third-order valence-electron chi connectivity index (χ3n) is 4.68. The Balaban J connectivity index is 1.72. The minimum atomic E-state index is -0.312. The summed E-state index contributed by atoms with van der Waals surface area (Å²) in [5.74, 6) is 0.138. The van der Waals surface area contributed by atoms with Crippen molar-refractivity contribution in [2.75, 3.05) is 37.6 Å². The molecule has 0 saturated carbocycles. The fourth-order valence-corrected chi connectivity index (χ4v) is 2.94. The van der Waals surface area contributed by atoms with E-state index in [1.165, 1.54) is 11.3 Å². The molecule has 4 heteroatoms. The Bertz CT molecular complexity index is 542. The number of carbonyl (C=O) groups excluding carboxylic acids is 1. The fraction of sp³-hybridized carbons (Fsp3) is 0.650. The molecule has 1 heterocycles. The van der Waals surface area contributed by atoms with Crippen LogP contribution in [0.1, 0.15) is 39.7 Å². The van der Waals surface area contributed by atoms with Crippen LogP contribution in [0, 0.1) is 12.3 Å². The van der Waals surface area contributed by atoms with Crippen LogP contribution in [0.5, 0.6) is 0 Å². The lowest BCUT2D eigenvalue weighted by Crippen LogP contribution is -2.48. The normalized spacial score (nSPS) is 17.6. The van der Waals surface area contributed by atoms with E-state index in [0.717, 1.165) is 39.1 Å². The Morgan fingerprint density at radius 2 is 1.88 bits per heavy atom. The maximum absolute atomic E-state index is 12.0. The lowest BCUT2D eigenvalue weighted by Gasteiger charge is -2.36. The number of nitrogens with zero attached hydrogens (tertiary/aromatic N) is 2. The summed E-state index contributed by atoms with van der Waals surface area (Å²) in [4.78, 5) is 17.0. The Kier molecular flexibility index (Phi) is 6.27. The second kappa shape index (κ2) is 8.02.